The lowest BCUT2D eigenvalue weighted by molar-refractivity contribution is 0.126. The predicted octanol–water partition coefficient (Wildman–Crippen LogP) is -0.427. The number of rotatable bonds is 5. The van der Waals surface area contributed by atoms with E-state index >= 15 is 0 Å². The first kappa shape index (κ1) is 10.4. The van der Waals surface area contributed by atoms with Crippen molar-refractivity contribution in [3.63, 3.8) is 0 Å². The zero-order chi connectivity index (χ0) is 8.74. The fourth-order valence-corrected chi connectivity index (χ4v) is 0.765. The smallest absolute Gasteiger partial charge is 0.0654 e. The van der Waals surface area contributed by atoms with Gasteiger partial charge in [0.05, 0.1) is 18.7 Å². The number of terminal acetylenes is 1. The minimum absolute atomic E-state index is 0.193. The normalized spacial score (nSPS) is 15.5. The summed E-state index contributed by atoms with van der Waals surface area (Å²) in [5.41, 5.74) is 5.33. The lowest BCUT2D eigenvalue weighted by Crippen LogP contribution is -2.52. The monoisotopic (exact) mass is 156 g/mol. The summed E-state index contributed by atoms with van der Waals surface area (Å²) in [7, 11) is 1.64. The number of hydrogen-bond donors (Lipinski definition) is 2. The highest BCUT2D eigenvalue weighted by atomic mass is 16.5. The molecule has 0 radical (unpaired) electrons. The highest BCUT2D eigenvalue weighted by molar-refractivity contribution is 4.93. The van der Waals surface area contributed by atoms with Gasteiger partial charge in [-0.2, -0.15) is 0 Å². The molecule has 0 aromatic carbocycles. The second-order valence-electron chi connectivity index (χ2n) is 2.76. The number of nitrogens with two attached hydrogens (primary N) is 1. The average molecular weight is 156 g/mol. The largest absolute Gasteiger partial charge is 0.383 e. The van der Waals surface area contributed by atoms with Gasteiger partial charge in [-0.3, -0.25) is 5.32 Å². The molecule has 1 unspecified atom stereocenters. The van der Waals surface area contributed by atoms with Crippen LogP contribution in [0.1, 0.15) is 6.92 Å². The molecule has 64 valence electrons. The fourth-order valence-electron chi connectivity index (χ4n) is 0.765. The molecule has 0 bridgehead atoms. The van der Waals surface area contributed by atoms with Crippen LogP contribution < -0.4 is 11.1 Å². The van der Waals surface area contributed by atoms with Gasteiger partial charge in [0.15, 0.2) is 0 Å². The van der Waals surface area contributed by atoms with E-state index < -0.39 is 0 Å². The number of nitrogens with one attached hydrogen (secondary N) is 1. The third-order valence-electron chi connectivity index (χ3n) is 1.53. The van der Waals surface area contributed by atoms with Crippen LogP contribution in [0, 0.1) is 12.3 Å². The van der Waals surface area contributed by atoms with E-state index in [1.54, 1.807) is 7.11 Å². The van der Waals surface area contributed by atoms with Crippen molar-refractivity contribution in [1.82, 2.24) is 5.32 Å². The summed E-state index contributed by atoms with van der Waals surface area (Å²) in [6.07, 6.45) is 5.09. The molecule has 0 aromatic rings. The second kappa shape index (κ2) is 5.14. The standard InChI is InChI=1S/C8H16N2O/c1-4-5-10-8(2,6-9)7-11-3/h1,10H,5-7,9H2,2-3H3. The quantitative estimate of drug-likeness (QED) is 0.531. The van der Waals surface area contributed by atoms with Gasteiger partial charge in [0, 0.05) is 13.7 Å². The molecular formula is C8H16N2O. The lowest BCUT2D eigenvalue weighted by Gasteiger charge is -2.27. The molecule has 0 heterocycles. The summed E-state index contributed by atoms with van der Waals surface area (Å²) in [5.74, 6) is 2.49. The van der Waals surface area contributed by atoms with Gasteiger partial charge < -0.3 is 10.5 Å². The van der Waals surface area contributed by atoms with E-state index in [1.165, 1.54) is 0 Å². The van der Waals surface area contributed by atoms with Crippen molar-refractivity contribution in [2.75, 3.05) is 26.8 Å². The van der Waals surface area contributed by atoms with Crippen molar-refractivity contribution in [1.29, 1.82) is 0 Å². The van der Waals surface area contributed by atoms with Crippen LogP contribution in [0.15, 0.2) is 0 Å². The van der Waals surface area contributed by atoms with Crippen molar-refractivity contribution in [3.8, 4) is 12.3 Å². The molecule has 3 heteroatoms. The zero-order valence-corrected chi connectivity index (χ0v) is 7.18. The predicted molar refractivity (Wildman–Crippen MR) is 46.2 cm³/mol. The van der Waals surface area contributed by atoms with Gasteiger partial charge in [0.1, 0.15) is 0 Å². The molecule has 0 rings (SSSR count). The van der Waals surface area contributed by atoms with E-state index in [4.69, 9.17) is 16.9 Å². The van der Waals surface area contributed by atoms with E-state index in [0.29, 0.717) is 19.7 Å². The molecule has 11 heavy (non-hydrogen) atoms. The molecule has 0 saturated carbocycles. The van der Waals surface area contributed by atoms with Crippen molar-refractivity contribution in [2.45, 2.75) is 12.5 Å². The van der Waals surface area contributed by atoms with Crippen LogP contribution in [0.5, 0.6) is 0 Å². The number of hydrogen-bond acceptors (Lipinski definition) is 3. The third-order valence-corrected chi connectivity index (χ3v) is 1.53. The molecule has 0 amide bonds. The Morgan fingerprint density at radius 3 is 2.73 bits per heavy atom. The van der Waals surface area contributed by atoms with Gasteiger partial charge in [0.2, 0.25) is 0 Å². The molecular weight excluding hydrogens is 140 g/mol. The van der Waals surface area contributed by atoms with Gasteiger partial charge in [0.25, 0.3) is 0 Å². The van der Waals surface area contributed by atoms with Crippen molar-refractivity contribution in [3.05, 3.63) is 0 Å². The Bertz CT molecular complexity index is 142. The number of methoxy groups -OCH3 is 1. The fraction of sp³-hybridized carbons (Fsp3) is 0.750. The van der Waals surface area contributed by atoms with Gasteiger partial charge in [-0.1, -0.05) is 5.92 Å². The van der Waals surface area contributed by atoms with Gasteiger partial charge >= 0.3 is 0 Å². The van der Waals surface area contributed by atoms with Crippen molar-refractivity contribution < 1.29 is 4.74 Å². The first-order valence-corrected chi connectivity index (χ1v) is 3.56. The number of ether oxygens (including phenoxy) is 1. The van der Waals surface area contributed by atoms with E-state index in [0.717, 1.165) is 0 Å². The van der Waals surface area contributed by atoms with Crippen LogP contribution >= 0.6 is 0 Å². The third kappa shape index (κ3) is 3.99. The van der Waals surface area contributed by atoms with Gasteiger partial charge in [-0.05, 0) is 6.92 Å². The molecule has 0 fully saturated rings. The Morgan fingerprint density at radius 1 is 1.73 bits per heavy atom. The molecule has 0 aliphatic carbocycles. The first-order chi connectivity index (χ1) is 5.18. The lowest BCUT2D eigenvalue weighted by atomic mass is 10.0. The van der Waals surface area contributed by atoms with Crippen molar-refractivity contribution >= 4 is 0 Å². The molecule has 0 aliphatic rings. The summed E-state index contributed by atoms with van der Waals surface area (Å²) in [5, 5.41) is 3.11. The Balaban J connectivity index is 3.79. The van der Waals surface area contributed by atoms with Crippen LogP contribution in [-0.4, -0.2) is 32.3 Å². The Kier molecular flexibility index (Phi) is 4.88. The maximum absolute atomic E-state index is 5.52. The molecule has 3 nitrogen and oxygen atoms in total. The summed E-state index contributed by atoms with van der Waals surface area (Å²) < 4.78 is 4.98. The Labute approximate surface area is 68.3 Å². The summed E-state index contributed by atoms with van der Waals surface area (Å²) in [6.45, 7) is 3.60. The topological polar surface area (TPSA) is 47.3 Å². The van der Waals surface area contributed by atoms with Gasteiger partial charge in [-0.25, -0.2) is 0 Å². The minimum atomic E-state index is -0.193. The SMILES string of the molecule is C#CCNC(C)(CN)COC. The maximum atomic E-state index is 5.52. The molecule has 0 spiro atoms. The highest BCUT2D eigenvalue weighted by Crippen LogP contribution is 1.99. The Morgan fingerprint density at radius 2 is 2.36 bits per heavy atom. The molecule has 0 saturated heterocycles. The zero-order valence-electron chi connectivity index (χ0n) is 7.18. The maximum Gasteiger partial charge on any atom is 0.0654 e. The summed E-state index contributed by atoms with van der Waals surface area (Å²) in [6, 6.07) is 0. The summed E-state index contributed by atoms with van der Waals surface area (Å²) in [4.78, 5) is 0. The van der Waals surface area contributed by atoms with Crippen LogP contribution in [0.4, 0.5) is 0 Å². The van der Waals surface area contributed by atoms with E-state index in [9.17, 15) is 0 Å². The molecule has 3 N–H and O–H groups in total. The van der Waals surface area contributed by atoms with E-state index in [1.807, 2.05) is 6.92 Å². The summed E-state index contributed by atoms with van der Waals surface area (Å²) >= 11 is 0. The van der Waals surface area contributed by atoms with Crippen LogP contribution in [0.3, 0.4) is 0 Å². The van der Waals surface area contributed by atoms with Crippen LogP contribution in [0.25, 0.3) is 0 Å². The molecule has 0 aromatic heterocycles. The first-order valence-electron chi connectivity index (χ1n) is 3.56. The van der Waals surface area contributed by atoms with Crippen LogP contribution in [0.2, 0.25) is 0 Å². The minimum Gasteiger partial charge on any atom is -0.383 e. The second-order valence-corrected chi connectivity index (χ2v) is 2.76. The Hall–Kier alpha value is -0.560. The van der Waals surface area contributed by atoms with Gasteiger partial charge in [-0.15, -0.1) is 6.42 Å². The van der Waals surface area contributed by atoms with E-state index in [-0.39, 0.29) is 5.54 Å². The van der Waals surface area contributed by atoms with E-state index in [2.05, 4.69) is 11.2 Å². The van der Waals surface area contributed by atoms with Crippen LogP contribution in [-0.2, 0) is 4.74 Å². The molecule has 1 atom stereocenters. The van der Waals surface area contributed by atoms with Crippen molar-refractivity contribution in [2.24, 2.45) is 5.73 Å². The highest BCUT2D eigenvalue weighted by Gasteiger charge is 2.20. The molecule has 0 aliphatic heterocycles. The average Bonchev–Trinajstić information content (AvgIpc) is 2.02.